The van der Waals surface area contributed by atoms with Gasteiger partial charge in [0.15, 0.2) is 0 Å². The number of carbonyl (C=O) groups excluding carboxylic acids is 1. The van der Waals surface area contributed by atoms with Crippen LogP contribution in [-0.4, -0.2) is 52.6 Å². The first-order valence-corrected chi connectivity index (χ1v) is 6.84. The number of rotatable bonds is 6. The minimum absolute atomic E-state index is 0.121. The van der Waals surface area contributed by atoms with Gasteiger partial charge >= 0.3 is 5.97 Å². The maximum absolute atomic E-state index is 12.0. The van der Waals surface area contributed by atoms with E-state index in [9.17, 15) is 9.59 Å². The lowest BCUT2D eigenvalue weighted by molar-refractivity contribution is -0.143. The zero-order valence-electron chi connectivity index (χ0n) is 12.1. The van der Waals surface area contributed by atoms with Gasteiger partial charge in [0.25, 0.3) is 0 Å². The van der Waals surface area contributed by atoms with Gasteiger partial charge in [0.1, 0.15) is 11.1 Å². The van der Waals surface area contributed by atoms with Crippen LogP contribution in [0.2, 0.25) is 0 Å². The van der Waals surface area contributed by atoms with Gasteiger partial charge in [0.2, 0.25) is 5.91 Å². The molecule has 0 aliphatic carbocycles. The van der Waals surface area contributed by atoms with Crippen molar-refractivity contribution in [1.29, 1.82) is 0 Å². The molecular weight excluding hydrogens is 258 g/mol. The van der Waals surface area contributed by atoms with E-state index in [1.807, 2.05) is 13.8 Å². The molecular formula is C14H23N3O3. The highest BCUT2D eigenvalue weighted by atomic mass is 16.4. The van der Waals surface area contributed by atoms with Crippen molar-refractivity contribution in [3.63, 3.8) is 0 Å². The smallest absolute Gasteiger partial charge is 0.325 e. The molecule has 1 aliphatic rings. The first-order valence-electron chi connectivity index (χ1n) is 6.84. The number of nitrogens with zero attached hydrogens (tertiary/aromatic N) is 1. The molecule has 1 saturated heterocycles. The summed E-state index contributed by atoms with van der Waals surface area (Å²) in [5.74, 6) is 1.42. The monoisotopic (exact) mass is 281 g/mol. The molecule has 0 bridgehead atoms. The van der Waals surface area contributed by atoms with E-state index in [1.165, 1.54) is 0 Å². The molecule has 1 amide bonds. The van der Waals surface area contributed by atoms with Crippen molar-refractivity contribution >= 4 is 11.9 Å². The van der Waals surface area contributed by atoms with Crippen molar-refractivity contribution in [3.05, 3.63) is 0 Å². The summed E-state index contributed by atoms with van der Waals surface area (Å²) < 4.78 is 0. The lowest BCUT2D eigenvalue weighted by atomic mass is 9.94. The van der Waals surface area contributed by atoms with E-state index in [0.717, 1.165) is 0 Å². The van der Waals surface area contributed by atoms with Gasteiger partial charge in [-0.2, -0.15) is 0 Å². The SMILES string of the molecule is C#CC(CC)(CC)NC(=O)CN1CCC(N)(C(=O)O)C1. The number of carbonyl (C=O) groups is 2. The molecule has 1 atom stereocenters. The van der Waals surface area contributed by atoms with Crippen LogP contribution < -0.4 is 11.1 Å². The predicted molar refractivity (Wildman–Crippen MR) is 75.9 cm³/mol. The zero-order chi connectivity index (χ0) is 15.4. The molecule has 1 heterocycles. The fourth-order valence-corrected chi connectivity index (χ4v) is 2.40. The molecule has 6 nitrogen and oxygen atoms in total. The van der Waals surface area contributed by atoms with Gasteiger partial charge in [0, 0.05) is 13.1 Å². The molecule has 20 heavy (non-hydrogen) atoms. The Labute approximate surface area is 119 Å². The molecule has 0 aromatic carbocycles. The fourth-order valence-electron chi connectivity index (χ4n) is 2.40. The molecule has 1 rings (SSSR count). The summed E-state index contributed by atoms with van der Waals surface area (Å²) in [5.41, 5.74) is 3.90. The average molecular weight is 281 g/mol. The number of hydrogen-bond donors (Lipinski definition) is 3. The van der Waals surface area contributed by atoms with Gasteiger partial charge in [-0.1, -0.05) is 19.8 Å². The Morgan fingerprint density at radius 3 is 2.50 bits per heavy atom. The molecule has 0 radical (unpaired) electrons. The molecule has 0 spiro atoms. The van der Waals surface area contributed by atoms with Crippen molar-refractivity contribution in [2.45, 2.75) is 44.2 Å². The number of nitrogens with one attached hydrogen (secondary N) is 1. The van der Waals surface area contributed by atoms with Crippen LogP contribution in [0.5, 0.6) is 0 Å². The van der Waals surface area contributed by atoms with Crippen LogP contribution in [0.25, 0.3) is 0 Å². The molecule has 0 saturated carbocycles. The average Bonchev–Trinajstić information content (AvgIpc) is 2.79. The Bertz CT molecular complexity index is 426. The van der Waals surface area contributed by atoms with Gasteiger partial charge < -0.3 is 16.2 Å². The summed E-state index contributed by atoms with van der Waals surface area (Å²) in [6.45, 7) is 4.65. The number of aliphatic carboxylic acids is 1. The van der Waals surface area contributed by atoms with Crippen LogP contribution in [0, 0.1) is 12.3 Å². The zero-order valence-corrected chi connectivity index (χ0v) is 12.1. The number of likely N-dealkylation sites (tertiary alicyclic amines) is 1. The van der Waals surface area contributed by atoms with Gasteiger partial charge in [-0.05, 0) is 19.3 Å². The second-order valence-corrected chi connectivity index (χ2v) is 5.40. The Hall–Kier alpha value is -1.58. The summed E-state index contributed by atoms with van der Waals surface area (Å²) in [6.07, 6.45) is 7.15. The molecule has 112 valence electrons. The molecule has 1 aliphatic heterocycles. The van der Waals surface area contributed by atoms with Crippen molar-refractivity contribution in [3.8, 4) is 12.3 Å². The largest absolute Gasteiger partial charge is 0.480 e. The van der Waals surface area contributed by atoms with Crippen LogP contribution in [0.15, 0.2) is 0 Å². The maximum atomic E-state index is 12.0. The number of terminal acetylenes is 1. The predicted octanol–water partition coefficient (Wildman–Crippen LogP) is -0.218. The molecule has 4 N–H and O–H groups in total. The summed E-state index contributed by atoms with van der Waals surface area (Å²) in [6, 6.07) is 0. The van der Waals surface area contributed by atoms with Crippen LogP contribution in [0.1, 0.15) is 33.1 Å². The third-order valence-corrected chi connectivity index (χ3v) is 4.04. The third kappa shape index (κ3) is 3.50. The fraction of sp³-hybridized carbons (Fsp3) is 0.714. The Morgan fingerprint density at radius 2 is 2.10 bits per heavy atom. The van der Waals surface area contributed by atoms with Crippen molar-refractivity contribution in [2.75, 3.05) is 19.6 Å². The topological polar surface area (TPSA) is 95.7 Å². The van der Waals surface area contributed by atoms with E-state index in [1.54, 1.807) is 4.90 Å². The number of amides is 1. The van der Waals surface area contributed by atoms with Crippen LogP contribution in [-0.2, 0) is 9.59 Å². The molecule has 1 unspecified atom stereocenters. The lowest BCUT2D eigenvalue weighted by Gasteiger charge is -2.28. The van der Waals surface area contributed by atoms with E-state index in [2.05, 4.69) is 11.2 Å². The summed E-state index contributed by atoms with van der Waals surface area (Å²) in [5, 5.41) is 11.9. The third-order valence-electron chi connectivity index (χ3n) is 4.04. The van der Waals surface area contributed by atoms with E-state index < -0.39 is 17.0 Å². The molecule has 0 aromatic rings. The summed E-state index contributed by atoms with van der Waals surface area (Å²) in [4.78, 5) is 24.8. The first kappa shape index (κ1) is 16.5. The van der Waals surface area contributed by atoms with Gasteiger partial charge in [-0.3, -0.25) is 14.5 Å². The first-order chi connectivity index (χ1) is 9.30. The second kappa shape index (κ2) is 6.25. The normalized spacial score (nSPS) is 23.3. The van der Waals surface area contributed by atoms with Crippen LogP contribution >= 0.6 is 0 Å². The minimum Gasteiger partial charge on any atom is -0.480 e. The van der Waals surface area contributed by atoms with E-state index >= 15 is 0 Å². The number of nitrogens with two attached hydrogens (primary N) is 1. The van der Waals surface area contributed by atoms with Crippen molar-refractivity contribution < 1.29 is 14.7 Å². The number of carboxylic acids is 1. The maximum Gasteiger partial charge on any atom is 0.325 e. The van der Waals surface area contributed by atoms with Gasteiger partial charge in [0.05, 0.1) is 6.54 Å². The standard InChI is InChI=1S/C14H23N3O3/c1-4-13(5-2,6-3)16-11(18)9-17-8-7-14(15,10-17)12(19)20/h1H,5-10,15H2,2-3H3,(H,16,18)(H,19,20). The van der Waals surface area contributed by atoms with E-state index in [-0.39, 0.29) is 19.0 Å². The Kier molecular flexibility index (Phi) is 5.15. The molecule has 6 heteroatoms. The lowest BCUT2D eigenvalue weighted by Crippen LogP contribution is -2.52. The molecule has 0 aromatic heterocycles. The quantitative estimate of drug-likeness (QED) is 0.585. The van der Waals surface area contributed by atoms with E-state index in [4.69, 9.17) is 17.3 Å². The second-order valence-electron chi connectivity index (χ2n) is 5.40. The van der Waals surface area contributed by atoms with E-state index in [0.29, 0.717) is 25.8 Å². The number of hydrogen-bond acceptors (Lipinski definition) is 4. The van der Waals surface area contributed by atoms with Crippen LogP contribution in [0.3, 0.4) is 0 Å². The summed E-state index contributed by atoms with van der Waals surface area (Å²) >= 11 is 0. The van der Waals surface area contributed by atoms with Gasteiger partial charge in [-0.15, -0.1) is 6.42 Å². The van der Waals surface area contributed by atoms with Crippen molar-refractivity contribution in [1.82, 2.24) is 10.2 Å². The van der Waals surface area contributed by atoms with Crippen LogP contribution in [0.4, 0.5) is 0 Å². The van der Waals surface area contributed by atoms with Crippen molar-refractivity contribution in [2.24, 2.45) is 5.73 Å². The highest BCUT2D eigenvalue weighted by Gasteiger charge is 2.41. The number of carboxylic acid groups (broad SMARTS) is 1. The highest BCUT2D eigenvalue weighted by molar-refractivity contribution is 5.81. The molecule has 1 fully saturated rings. The minimum atomic E-state index is -1.25. The van der Waals surface area contributed by atoms with Gasteiger partial charge in [-0.25, -0.2) is 0 Å². The Morgan fingerprint density at radius 1 is 1.50 bits per heavy atom. The Balaban J connectivity index is 2.57. The summed E-state index contributed by atoms with van der Waals surface area (Å²) in [7, 11) is 0. The highest BCUT2D eigenvalue weighted by Crippen LogP contribution is 2.19.